The monoisotopic (exact) mass is 428 g/mol. The number of aliphatic hydroxyl groups excluding tert-OH is 2. The number of hydrogen-bond donors (Lipinski definition) is 3. The third-order valence-corrected chi connectivity index (χ3v) is 5.93. The molecule has 3 aromatic rings. The van der Waals surface area contributed by atoms with Gasteiger partial charge < -0.3 is 15.3 Å². The Morgan fingerprint density at radius 2 is 1.47 bits per heavy atom. The predicted molar refractivity (Wildman–Crippen MR) is 132 cm³/mol. The Balaban J connectivity index is 1.83. The fraction of sp³-hybridized carbons (Fsp3) is 0.241. The highest BCUT2D eigenvalue weighted by Crippen LogP contribution is 2.32. The minimum Gasteiger partial charge on any atom is -0.507 e. The molecule has 0 saturated heterocycles. The number of phenols is 1. The van der Waals surface area contributed by atoms with Crippen molar-refractivity contribution in [2.24, 2.45) is 5.92 Å². The lowest BCUT2D eigenvalue weighted by molar-refractivity contribution is 0.0325. The van der Waals surface area contributed by atoms with Crippen molar-refractivity contribution >= 4 is 11.6 Å². The van der Waals surface area contributed by atoms with Crippen molar-refractivity contribution in [1.29, 1.82) is 0 Å². The molecule has 0 heterocycles. The standard InChI is InChI=1S/C29H32O3/c1-4-26(29(32)24-13-9-6-10-14-24)27(30)16-15-25(23-11-7-5-8-12-23)19-22-17-20(2)28(31)21(3)18-22/h4-14,17-19,26-27,29-32H,1,15-16H2,2-3H3/b25-19-/t26-,27-,29-/m1/s1. The van der Waals surface area contributed by atoms with E-state index in [0.29, 0.717) is 18.6 Å². The molecular weight excluding hydrogens is 396 g/mol. The first-order valence-electron chi connectivity index (χ1n) is 11.0. The van der Waals surface area contributed by atoms with Crippen LogP contribution in [0.25, 0.3) is 11.6 Å². The van der Waals surface area contributed by atoms with Crippen LogP contribution >= 0.6 is 0 Å². The van der Waals surface area contributed by atoms with E-state index in [2.05, 4.69) is 24.8 Å². The third-order valence-electron chi connectivity index (χ3n) is 5.93. The lowest BCUT2D eigenvalue weighted by Gasteiger charge is -2.25. The van der Waals surface area contributed by atoms with Gasteiger partial charge in [-0.15, -0.1) is 6.58 Å². The average Bonchev–Trinajstić information content (AvgIpc) is 2.81. The highest BCUT2D eigenvalue weighted by atomic mass is 16.3. The Morgan fingerprint density at radius 3 is 2.03 bits per heavy atom. The van der Waals surface area contributed by atoms with E-state index in [1.54, 1.807) is 6.08 Å². The predicted octanol–water partition coefficient (Wildman–Crippen LogP) is 6.23. The maximum Gasteiger partial charge on any atom is 0.121 e. The van der Waals surface area contributed by atoms with Crippen molar-refractivity contribution in [3.63, 3.8) is 0 Å². The summed E-state index contributed by atoms with van der Waals surface area (Å²) in [5, 5.41) is 31.8. The van der Waals surface area contributed by atoms with Crippen LogP contribution in [0.3, 0.4) is 0 Å². The molecule has 32 heavy (non-hydrogen) atoms. The summed E-state index contributed by atoms with van der Waals surface area (Å²) in [5.74, 6) is -0.143. The quantitative estimate of drug-likeness (QED) is 0.280. The molecule has 0 unspecified atom stereocenters. The number of aliphatic hydroxyl groups is 2. The second-order valence-corrected chi connectivity index (χ2v) is 8.31. The van der Waals surface area contributed by atoms with Gasteiger partial charge in [0.1, 0.15) is 5.75 Å². The fourth-order valence-corrected chi connectivity index (χ4v) is 4.09. The van der Waals surface area contributed by atoms with Gasteiger partial charge in [-0.1, -0.05) is 72.8 Å². The molecule has 0 aliphatic carbocycles. The molecule has 0 radical (unpaired) electrons. The summed E-state index contributed by atoms with van der Waals surface area (Å²) in [6.45, 7) is 7.64. The van der Waals surface area contributed by atoms with Crippen molar-refractivity contribution in [2.75, 3.05) is 0 Å². The number of hydrogen-bond acceptors (Lipinski definition) is 3. The first kappa shape index (κ1) is 23.5. The normalized spacial score (nSPS) is 14.6. The van der Waals surface area contributed by atoms with Crippen LogP contribution < -0.4 is 0 Å². The summed E-state index contributed by atoms with van der Waals surface area (Å²) in [6, 6.07) is 23.4. The first-order chi connectivity index (χ1) is 15.4. The van der Waals surface area contributed by atoms with Gasteiger partial charge in [0, 0.05) is 5.92 Å². The molecule has 0 saturated carbocycles. The van der Waals surface area contributed by atoms with Crippen molar-refractivity contribution in [1.82, 2.24) is 0 Å². The molecule has 3 N–H and O–H groups in total. The zero-order valence-corrected chi connectivity index (χ0v) is 18.8. The molecule has 3 heteroatoms. The van der Waals surface area contributed by atoms with Gasteiger partial charge in [-0.25, -0.2) is 0 Å². The minimum atomic E-state index is -0.810. The minimum absolute atomic E-state index is 0.322. The van der Waals surface area contributed by atoms with E-state index < -0.39 is 18.1 Å². The molecule has 0 aliphatic rings. The van der Waals surface area contributed by atoms with Gasteiger partial charge in [0.2, 0.25) is 0 Å². The maximum absolute atomic E-state index is 10.9. The zero-order chi connectivity index (χ0) is 23.1. The molecule has 3 rings (SSSR count). The molecule has 0 amide bonds. The van der Waals surface area contributed by atoms with E-state index >= 15 is 0 Å². The first-order valence-corrected chi connectivity index (χ1v) is 11.0. The second-order valence-electron chi connectivity index (χ2n) is 8.31. The summed E-state index contributed by atoms with van der Waals surface area (Å²) in [6.07, 6.45) is 3.32. The summed E-state index contributed by atoms with van der Waals surface area (Å²) < 4.78 is 0. The number of allylic oxidation sites excluding steroid dienone is 1. The summed E-state index contributed by atoms with van der Waals surface area (Å²) >= 11 is 0. The summed E-state index contributed by atoms with van der Waals surface area (Å²) in [5.41, 5.74) is 5.62. The highest BCUT2D eigenvalue weighted by Gasteiger charge is 2.25. The van der Waals surface area contributed by atoms with Gasteiger partial charge >= 0.3 is 0 Å². The van der Waals surface area contributed by atoms with E-state index in [-0.39, 0.29) is 0 Å². The Labute approximate surface area is 191 Å². The Hall–Kier alpha value is -3.14. The molecular formula is C29H32O3. The van der Waals surface area contributed by atoms with Gasteiger partial charge in [0.15, 0.2) is 0 Å². The van der Waals surface area contributed by atoms with Crippen LogP contribution in [0.2, 0.25) is 0 Å². The molecule has 3 aromatic carbocycles. The van der Waals surface area contributed by atoms with E-state index in [1.807, 2.05) is 74.5 Å². The van der Waals surface area contributed by atoms with Crippen molar-refractivity contribution in [3.8, 4) is 5.75 Å². The van der Waals surface area contributed by atoms with Gasteiger partial charge in [-0.2, -0.15) is 0 Å². The third kappa shape index (κ3) is 5.76. The van der Waals surface area contributed by atoms with Gasteiger partial charge in [-0.3, -0.25) is 0 Å². The van der Waals surface area contributed by atoms with Crippen molar-refractivity contribution < 1.29 is 15.3 Å². The maximum atomic E-state index is 10.9. The van der Waals surface area contributed by atoms with E-state index in [1.165, 1.54) is 0 Å². The van der Waals surface area contributed by atoms with E-state index in [0.717, 1.165) is 33.4 Å². The largest absolute Gasteiger partial charge is 0.507 e. The summed E-state index contributed by atoms with van der Waals surface area (Å²) in [7, 11) is 0. The lowest BCUT2D eigenvalue weighted by Crippen LogP contribution is -2.25. The molecule has 3 nitrogen and oxygen atoms in total. The highest BCUT2D eigenvalue weighted by molar-refractivity contribution is 5.82. The topological polar surface area (TPSA) is 60.7 Å². The lowest BCUT2D eigenvalue weighted by atomic mass is 9.87. The van der Waals surface area contributed by atoms with Crippen LogP contribution in [0.4, 0.5) is 0 Å². The molecule has 0 aromatic heterocycles. The van der Waals surface area contributed by atoms with Crippen LogP contribution in [0.5, 0.6) is 5.75 Å². The van der Waals surface area contributed by atoms with Crippen LogP contribution in [-0.4, -0.2) is 21.4 Å². The molecule has 166 valence electrons. The number of benzene rings is 3. The molecule has 0 bridgehead atoms. The smallest absolute Gasteiger partial charge is 0.121 e. The Bertz CT molecular complexity index is 1030. The number of rotatable bonds is 9. The molecule has 3 atom stereocenters. The second kappa shape index (κ2) is 10.9. The van der Waals surface area contributed by atoms with E-state index in [9.17, 15) is 15.3 Å². The SMILES string of the molecule is C=C[C@H]([C@H](O)CC/C(=C/c1cc(C)c(O)c(C)c1)c1ccccc1)[C@H](O)c1ccccc1. The number of aryl methyl sites for hydroxylation is 2. The Kier molecular flexibility index (Phi) is 8.04. The molecule has 0 spiro atoms. The van der Waals surface area contributed by atoms with Crippen LogP contribution in [0.15, 0.2) is 85.5 Å². The average molecular weight is 429 g/mol. The van der Waals surface area contributed by atoms with E-state index in [4.69, 9.17) is 0 Å². The number of phenolic OH excluding ortho intramolecular Hbond substituents is 1. The molecule has 0 aliphatic heterocycles. The fourth-order valence-electron chi connectivity index (χ4n) is 4.09. The van der Waals surface area contributed by atoms with Crippen molar-refractivity contribution in [3.05, 3.63) is 113 Å². The van der Waals surface area contributed by atoms with Crippen LogP contribution in [-0.2, 0) is 0 Å². The summed E-state index contributed by atoms with van der Waals surface area (Å²) in [4.78, 5) is 0. The van der Waals surface area contributed by atoms with Gasteiger partial charge in [-0.05, 0) is 72.2 Å². The number of aromatic hydroxyl groups is 1. The van der Waals surface area contributed by atoms with Crippen LogP contribution in [0, 0.1) is 19.8 Å². The zero-order valence-electron chi connectivity index (χ0n) is 18.8. The van der Waals surface area contributed by atoms with Gasteiger partial charge in [0.05, 0.1) is 12.2 Å². The molecule has 0 fully saturated rings. The van der Waals surface area contributed by atoms with Crippen molar-refractivity contribution in [2.45, 2.75) is 38.9 Å². The van der Waals surface area contributed by atoms with Gasteiger partial charge in [0.25, 0.3) is 0 Å². The van der Waals surface area contributed by atoms with Crippen LogP contribution in [0.1, 0.15) is 46.8 Å². The Morgan fingerprint density at radius 1 is 0.906 bits per heavy atom.